The Morgan fingerprint density at radius 1 is 1.27 bits per heavy atom. The molecule has 3 aliphatic carbocycles. The van der Waals surface area contributed by atoms with Crippen LogP contribution in [0.5, 0.6) is 11.5 Å². The van der Waals surface area contributed by atoms with Crippen molar-refractivity contribution in [1.29, 1.82) is 0 Å². The largest absolute Gasteiger partial charge is 0.504 e. The van der Waals surface area contributed by atoms with Crippen molar-refractivity contribution in [3.8, 4) is 11.5 Å². The van der Waals surface area contributed by atoms with Crippen molar-refractivity contribution in [3.05, 3.63) is 76.9 Å². The lowest BCUT2D eigenvalue weighted by Crippen LogP contribution is -2.76. The number of likely N-dealkylation sites (tertiary alicyclic amines) is 1. The van der Waals surface area contributed by atoms with Gasteiger partial charge in [-0.05, 0) is 68.3 Å². The molecule has 5 atom stereocenters. The average molecular weight is 499 g/mol. The normalized spacial score (nSPS) is 33.3. The lowest BCUT2D eigenvalue weighted by Gasteiger charge is -2.62. The molecule has 2 aliphatic heterocycles. The van der Waals surface area contributed by atoms with Crippen molar-refractivity contribution in [2.75, 3.05) is 20.1 Å². The van der Waals surface area contributed by atoms with Gasteiger partial charge in [0.2, 0.25) is 5.91 Å². The number of carbonyl (C=O) groups is 1. The summed E-state index contributed by atoms with van der Waals surface area (Å²) in [4.78, 5) is 17.5. The van der Waals surface area contributed by atoms with Gasteiger partial charge in [-0.1, -0.05) is 48.0 Å². The third-order valence-electron chi connectivity index (χ3n) is 9.57. The van der Waals surface area contributed by atoms with Gasteiger partial charge in [0.1, 0.15) is 11.7 Å². The third-order valence-corrected chi connectivity index (χ3v) is 9.57. The molecule has 192 valence electrons. The highest BCUT2D eigenvalue weighted by molar-refractivity contribution is 5.92. The number of hydrogen-bond donors (Lipinski definition) is 2. The number of amides is 1. The van der Waals surface area contributed by atoms with Crippen LogP contribution in [-0.2, 0) is 16.6 Å². The minimum Gasteiger partial charge on any atom is -0.504 e. The van der Waals surface area contributed by atoms with Crippen molar-refractivity contribution >= 4 is 12.0 Å². The number of rotatable bonds is 5. The molecule has 2 N–H and O–H groups in total. The van der Waals surface area contributed by atoms with E-state index >= 15 is 0 Å². The van der Waals surface area contributed by atoms with Crippen LogP contribution in [0, 0.1) is 12.8 Å². The van der Waals surface area contributed by atoms with E-state index < -0.39 is 17.1 Å². The van der Waals surface area contributed by atoms with E-state index in [4.69, 9.17) is 4.74 Å². The molecule has 1 amide bonds. The summed E-state index contributed by atoms with van der Waals surface area (Å²) in [6.45, 7) is 3.93. The second kappa shape index (κ2) is 7.95. The summed E-state index contributed by atoms with van der Waals surface area (Å²) in [6, 6.07) is 11.3. The van der Waals surface area contributed by atoms with Crippen molar-refractivity contribution < 1.29 is 19.7 Å². The maximum atomic E-state index is 13.4. The number of ether oxygens (including phenoxy) is 1. The summed E-state index contributed by atoms with van der Waals surface area (Å²) in [5, 5.41) is 23.3. The Morgan fingerprint density at radius 3 is 2.89 bits per heavy atom. The van der Waals surface area contributed by atoms with Crippen LogP contribution in [0.2, 0.25) is 0 Å². The molecule has 2 fully saturated rings. The van der Waals surface area contributed by atoms with Crippen LogP contribution in [0.25, 0.3) is 6.08 Å². The minimum atomic E-state index is -1.12. The standard InChI is InChI=1S/C31H34N2O4/c1-19-4-3-5-20(16-19)8-11-26(35)32(2)23-12-13-31(36)25-17-22-9-10-24(34)28-27(22)30(31,29(23)37-28)14-15-33(25)18-21-6-7-21/h3-5,8-13,16,21,23,25,29,34,36H,6-7,14-15,17-18H2,1-2H3/t23-,25-,29+,30+,31-/m1/s1. The number of carbonyl (C=O) groups excluding carboxylic acids is 1. The number of nitrogens with zero attached hydrogens (tertiary/aromatic N) is 2. The summed E-state index contributed by atoms with van der Waals surface area (Å²) < 4.78 is 6.57. The zero-order chi connectivity index (χ0) is 25.5. The SMILES string of the molecule is Cc1cccc(C=CC(=O)N(C)[C@@H]2C=C[C@@]3(O)[C@H]4Cc5ccc(O)c6c5[C@@]3(CCN4CC3CC3)[C@H]2O6)c1. The van der Waals surface area contributed by atoms with Crippen LogP contribution >= 0.6 is 0 Å². The Balaban J connectivity index is 1.27. The van der Waals surface area contributed by atoms with Crippen molar-refractivity contribution in [1.82, 2.24) is 9.80 Å². The number of benzene rings is 2. The molecule has 1 saturated carbocycles. The van der Waals surface area contributed by atoms with E-state index in [-0.39, 0.29) is 23.7 Å². The average Bonchev–Trinajstić information content (AvgIpc) is 3.62. The monoisotopic (exact) mass is 498 g/mol. The van der Waals surface area contributed by atoms with Crippen LogP contribution in [0.15, 0.2) is 54.6 Å². The van der Waals surface area contributed by atoms with E-state index in [1.807, 2.05) is 55.5 Å². The second-order valence-electron chi connectivity index (χ2n) is 11.7. The molecule has 2 heterocycles. The molecule has 37 heavy (non-hydrogen) atoms. The summed E-state index contributed by atoms with van der Waals surface area (Å²) >= 11 is 0. The first-order valence-corrected chi connectivity index (χ1v) is 13.5. The van der Waals surface area contributed by atoms with Gasteiger partial charge in [0.05, 0.1) is 11.5 Å². The third kappa shape index (κ3) is 3.21. The highest BCUT2D eigenvalue weighted by Gasteiger charge is 2.72. The summed E-state index contributed by atoms with van der Waals surface area (Å²) in [5.74, 6) is 1.20. The van der Waals surface area contributed by atoms with Gasteiger partial charge in [0.15, 0.2) is 11.5 Å². The topological polar surface area (TPSA) is 73.2 Å². The molecule has 6 heteroatoms. The molecular formula is C31H34N2O4. The molecule has 7 rings (SSSR count). The number of aryl methyl sites for hydroxylation is 1. The Morgan fingerprint density at radius 2 is 2.11 bits per heavy atom. The maximum absolute atomic E-state index is 13.4. The number of phenols is 1. The first-order valence-electron chi connectivity index (χ1n) is 13.5. The number of phenolic OH excluding ortho intramolecular Hbond substituents is 1. The predicted octanol–water partition coefficient (Wildman–Crippen LogP) is 3.58. The highest BCUT2D eigenvalue weighted by atomic mass is 16.5. The van der Waals surface area contributed by atoms with Gasteiger partial charge in [-0.25, -0.2) is 0 Å². The number of likely N-dealkylation sites (N-methyl/N-ethyl adjacent to an activating group) is 1. The van der Waals surface area contributed by atoms with Crippen LogP contribution < -0.4 is 4.74 Å². The fourth-order valence-electron chi connectivity index (χ4n) is 7.56. The molecule has 0 radical (unpaired) electrons. The molecule has 6 nitrogen and oxygen atoms in total. The van der Waals surface area contributed by atoms with E-state index in [1.165, 1.54) is 12.8 Å². The van der Waals surface area contributed by atoms with Crippen molar-refractivity contribution in [2.45, 2.75) is 61.8 Å². The second-order valence-corrected chi connectivity index (χ2v) is 11.7. The van der Waals surface area contributed by atoms with Crippen molar-refractivity contribution in [3.63, 3.8) is 0 Å². The Bertz CT molecular complexity index is 1350. The smallest absolute Gasteiger partial charge is 0.246 e. The fourth-order valence-corrected chi connectivity index (χ4v) is 7.56. The van der Waals surface area contributed by atoms with Gasteiger partial charge >= 0.3 is 0 Å². The molecule has 5 aliphatic rings. The zero-order valence-electron chi connectivity index (χ0n) is 21.4. The predicted molar refractivity (Wildman–Crippen MR) is 141 cm³/mol. The van der Waals surface area contributed by atoms with Crippen LogP contribution in [0.1, 0.15) is 41.5 Å². The summed E-state index contributed by atoms with van der Waals surface area (Å²) in [7, 11) is 1.80. The van der Waals surface area contributed by atoms with E-state index in [0.29, 0.717) is 5.75 Å². The zero-order valence-corrected chi connectivity index (χ0v) is 21.4. The van der Waals surface area contributed by atoms with Crippen LogP contribution in [0.4, 0.5) is 0 Å². The Labute approximate surface area is 217 Å². The molecule has 1 saturated heterocycles. The molecule has 0 unspecified atom stereocenters. The molecule has 2 aromatic carbocycles. The lowest BCUT2D eigenvalue weighted by atomic mass is 9.50. The van der Waals surface area contributed by atoms with E-state index in [0.717, 1.165) is 54.1 Å². The number of aliphatic hydroxyl groups is 1. The molecule has 0 aromatic heterocycles. The van der Waals surface area contributed by atoms with Crippen molar-refractivity contribution in [2.24, 2.45) is 5.92 Å². The van der Waals surface area contributed by atoms with Gasteiger partial charge in [-0.2, -0.15) is 0 Å². The Kier molecular flexibility index (Phi) is 4.96. The van der Waals surface area contributed by atoms with Gasteiger partial charge in [0, 0.05) is 31.3 Å². The minimum absolute atomic E-state index is 0.0460. The van der Waals surface area contributed by atoms with E-state index in [9.17, 15) is 15.0 Å². The molecular weight excluding hydrogens is 464 g/mol. The van der Waals surface area contributed by atoms with Gasteiger partial charge < -0.3 is 19.8 Å². The number of hydrogen-bond acceptors (Lipinski definition) is 5. The van der Waals surface area contributed by atoms with Gasteiger partial charge in [-0.15, -0.1) is 0 Å². The maximum Gasteiger partial charge on any atom is 0.246 e. The number of piperidine rings is 1. The van der Waals surface area contributed by atoms with Gasteiger partial charge in [0.25, 0.3) is 0 Å². The fraction of sp³-hybridized carbons (Fsp3) is 0.452. The quantitative estimate of drug-likeness (QED) is 0.487. The molecule has 1 spiro atoms. The van der Waals surface area contributed by atoms with Crippen LogP contribution in [-0.4, -0.2) is 69.8 Å². The summed E-state index contributed by atoms with van der Waals surface area (Å²) in [6.07, 6.45) is 10.9. The first-order chi connectivity index (χ1) is 17.8. The summed E-state index contributed by atoms with van der Waals surface area (Å²) in [5.41, 5.74) is 2.40. The molecule has 2 aromatic rings. The Hall–Kier alpha value is -3.09. The van der Waals surface area contributed by atoms with Gasteiger partial charge in [-0.3, -0.25) is 9.69 Å². The number of aromatic hydroxyl groups is 1. The highest BCUT2D eigenvalue weighted by Crippen LogP contribution is 2.64. The van der Waals surface area contributed by atoms with Crippen LogP contribution in [0.3, 0.4) is 0 Å². The van der Waals surface area contributed by atoms with E-state index in [1.54, 1.807) is 24.1 Å². The van der Waals surface area contributed by atoms with E-state index in [2.05, 4.69) is 4.90 Å². The first kappa shape index (κ1) is 23.1. The lowest BCUT2D eigenvalue weighted by molar-refractivity contribution is -0.154. The molecule has 2 bridgehead atoms.